The van der Waals surface area contributed by atoms with Crippen molar-refractivity contribution in [1.82, 2.24) is 0 Å². The van der Waals surface area contributed by atoms with Crippen LogP contribution in [0.3, 0.4) is 0 Å². The summed E-state index contributed by atoms with van der Waals surface area (Å²) in [5, 5.41) is -0.159. The molecule has 0 atom stereocenters. The van der Waals surface area contributed by atoms with Crippen LogP contribution in [-0.4, -0.2) is 15.5 Å². The molecule has 3 N–H and O–H groups in total. The Morgan fingerprint density at radius 2 is 2.05 bits per heavy atom. The number of ether oxygens (including phenoxy) is 1. The molecule has 7 heteroatoms. The molecule has 0 aliphatic carbocycles. The summed E-state index contributed by atoms with van der Waals surface area (Å²) in [6.45, 7) is 1.94. The van der Waals surface area contributed by atoms with E-state index in [9.17, 15) is 8.42 Å². The standard InChI is InChI=1S/C13H16N2O4S/c1-9-7-10(18-2)3-5-12(9)15-20(16,17)13-6-4-11(8-14)19-13/h3-7,15H,8,14H2,1-2H3. The number of hydrogen-bond acceptors (Lipinski definition) is 5. The zero-order chi connectivity index (χ0) is 14.8. The van der Waals surface area contributed by atoms with Crippen LogP contribution in [0.4, 0.5) is 5.69 Å². The minimum Gasteiger partial charge on any atom is -0.497 e. The van der Waals surface area contributed by atoms with Gasteiger partial charge in [0.1, 0.15) is 11.5 Å². The molecule has 0 saturated heterocycles. The van der Waals surface area contributed by atoms with Crippen LogP contribution in [0.5, 0.6) is 5.75 Å². The third-order valence-corrected chi connectivity index (χ3v) is 4.02. The van der Waals surface area contributed by atoms with Crippen molar-refractivity contribution in [3.8, 4) is 5.75 Å². The van der Waals surface area contributed by atoms with Crippen molar-refractivity contribution in [3.05, 3.63) is 41.7 Å². The summed E-state index contributed by atoms with van der Waals surface area (Å²) in [4.78, 5) is 0. The second-order valence-corrected chi connectivity index (χ2v) is 5.82. The number of furan rings is 1. The molecular formula is C13H16N2O4S. The van der Waals surface area contributed by atoms with Crippen LogP contribution in [0.25, 0.3) is 0 Å². The summed E-state index contributed by atoms with van der Waals surface area (Å²) >= 11 is 0. The van der Waals surface area contributed by atoms with Crippen LogP contribution in [0.1, 0.15) is 11.3 Å². The maximum atomic E-state index is 12.2. The van der Waals surface area contributed by atoms with Gasteiger partial charge in [0.25, 0.3) is 10.0 Å². The van der Waals surface area contributed by atoms with E-state index in [4.69, 9.17) is 14.9 Å². The van der Waals surface area contributed by atoms with Crippen LogP contribution in [-0.2, 0) is 16.6 Å². The molecule has 0 radical (unpaired) electrons. The number of methoxy groups -OCH3 is 1. The highest BCUT2D eigenvalue weighted by Gasteiger charge is 2.19. The van der Waals surface area contributed by atoms with Crippen LogP contribution < -0.4 is 15.2 Å². The van der Waals surface area contributed by atoms with Gasteiger partial charge in [-0.3, -0.25) is 4.72 Å². The summed E-state index contributed by atoms with van der Waals surface area (Å²) in [5.41, 5.74) is 6.61. The highest BCUT2D eigenvalue weighted by molar-refractivity contribution is 7.92. The van der Waals surface area contributed by atoms with Crippen LogP contribution in [0, 0.1) is 6.92 Å². The number of aryl methyl sites for hydroxylation is 1. The number of nitrogens with two attached hydrogens (primary N) is 1. The first kappa shape index (κ1) is 14.4. The molecule has 0 aliphatic rings. The zero-order valence-corrected chi connectivity index (χ0v) is 12.0. The largest absolute Gasteiger partial charge is 0.497 e. The first-order valence-electron chi connectivity index (χ1n) is 5.92. The molecule has 0 amide bonds. The molecule has 2 rings (SSSR count). The second-order valence-electron chi connectivity index (χ2n) is 4.21. The average molecular weight is 296 g/mol. The first-order valence-corrected chi connectivity index (χ1v) is 7.41. The van der Waals surface area contributed by atoms with Crippen LogP contribution in [0.15, 0.2) is 39.8 Å². The Morgan fingerprint density at radius 1 is 1.30 bits per heavy atom. The lowest BCUT2D eigenvalue weighted by molar-refractivity contribution is 0.414. The molecule has 20 heavy (non-hydrogen) atoms. The minimum absolute atomic E-state index is 0.150. The smallest absolute Gasteiger partial charge is 0.295 e. The maximum Gasteiger partial charge on any atom is 0.295 e. The number of rotatable bonds is 5. The molecule has 6 nitrogen and oxygen atoms in total. The Bertz CT molecular complexity index is 707. The molecule has 2 aromatic rings. The van der Waals surface area contributed by atoms with Crippen molar-refractivity contribution in [2.45, 2.75) is 18.6 Å². The van der Waals surface area contributed by atoms with Crippen molar-refractivity contribution in [2.24, 2.45) is 5.73 Å². The molecule has 1 aromatic heterocycles. The van der Waals surface area contributed by atoms with E-state index in [1.807, 2.05) is 0 Å². The Balaban J connectivity index is 2.28. The Morgan fingerprint density at radius 3 is 2.60 bits per heavy atom. The van der Waals surface area contributed by atoms with Gasteiger partial charge in [-0.05, 0) is 42.8 Å². The van der Waals surface area contributed by atoms with Gasteiger partial charge >= 0.3 is 0 Å². The van der Waals surface area contributed by atoms with Gasteiger partial charge in [0.05, 0.1) is 19.3 Å². The normalized spacial score (nSPS) is 11.3. The highest BCUT2D eigenvalue weighted by Crippen LogP contribution is 2.24. The van der Waals surface area contributed by atoms with Crippen molar-refractivity contribution >= 4 is 15.7 Å². The van der Waals surface area contributed by atoms with Gasteiger partial charge in [0.2, 0.25) is 5.09 Å². The third kappa shape index (κ3) is 2.94. The Hall–Kier alpha value is -1.99. The first-order chi connectivity index (χ1) is 9.46. The molecule has 0 spiro atoms. The molecule has 0 fully saturated rings. The van der Waals surface area contributed by atoms with Crippen molar-refractivity contribution < 1.29 is 17.6 Å². The molecule has 0 unspecified atom stereocenters. The molecule has 0 saturated carbocycles. The molecule has 1 heterocycles. The molecule has 108 valence electrons. The Labute approximate surface area is 117 Å². The topological polar surface area (TPSA) is 94.6 Å². The monoisotopic (exact) mass is 296 g/mol. The summed E-state index contributed by atoms with van der Waals surface area (Å²) in [5.74, 6) is 1.07. The molecule has 0 bridgehead atoms. The summed E-state index contributed by atoms with van der Waals surface area (Å²) in [6.07, 6.45) is 0. The van der Waals surface area contributed by atoms with Gasteiger partial charge in [0, 0.05) is 0 Å². The lowest BCUT2D eigenvalue weighted by atomic mass is 10.2. The quantitative estimate of drug-likeness (QED) is 0.878. The van der Waals surface area contributed by atoms with Crippen LogP contribution >= 0.6 is 0 Å². The maximum absolute atomic E-state index is 12.2. The number of hydrogen-bond donors (Lipinski definition) is 2. The predicted octanol–water partition coefficient (Wildman–Crippen LogP) is 1.86. The summed E-state index contributed by atoms with van der Waals surface area (Å²) < 4.78 is 37.0. The van der Waals surface area contributed by atoms with E-state index >= 15 is 0 Å². The zero-order valence-electron chi connectivity index (χ0n) is 11.2. The van der Waals surface area contributed by atoms with Crippen molar-refractivity contribution in [1.29, 1.82) is 0 Å². The average Bonchev–Trinajstić information content (AvgIpc) is 2.90. The van der Waals surface area contributed by atoms with Crippen LogP contribution in [0.2, 0.25) is 0 Å². The third-order valence-electron chi connectivity index (χ3n) is 2.78. The van der Waals surface area contributed by atoms with E-state index in [1.54, 1.807) is 32.2 Å². The summed E-state index contributed by atoms with van der Waals surface area (Å²) in [7, 11) is -2.21. The fourth-order valence-electron chi connectivity index (χ4n) is 1.69. The molecular weight excluding hydrogens is 280 g/mol. The van der Waals surface area contributed by atoms with E-state index in [2.05, 4.69) is 4.72 Å². The van der Waals surface area contributed by atoms with E-state index < -0.39 is 10.0 Å². The Kier molecular flexibility index (Phi) is 4.01. The molecule has 0 aliphatic heterocycles. The lowest BCUT2D eigenvalue weighted by Crippen LogP contribution is -2.13. The number of nitrogens with one attached hydrogen (secondary N) is 1. The van der Waals surface area contributed by atoms with Gasteiger partial charge in [-0.2, -0.15) is 8.42 Å². The summed E-state index contributed by atoms with van der Waals surface area (Å²) in [6, 6.07) is 7.97. The highest BCUT2D eigenvalue weighted by atomic mass is 32.2. The lowest BCUT2D eigenvalue weighted by Gasteiger charge is -2.10. The second kappa shape index (κ2) is 5.56. The number of benzene rings is 1. The van der Waals surface area contributed by atoms with Gasteiger partial charge in [-0.25, -0.2) is 0 Å². The number of sulfonamides is 1. The van der Waals surface area contributed by atoms with E-state index in [-0.39, 0.29) is 11.6 Å². The van der Waals surface area contributed by atoms with Gasteiger partial charge < -0.3 is 14.9 Å². The van der Waals surface area contributed by atoms with E-state index in [0.29, 0.717) is 17.2 Å². The van der Waals surface area contributed by atoms with Gasteiger partial charge in [-0.1, -0.05) is 0 Å². The van der Waals surface area contributed by atoms with E-state index in [1.165, 1.54) is 12.1 Å². The number of anilines is 1. The van der Waals surface area contributed by atoms with E-state index in [0.717, 1.165) is 5.56 Å². The van der Waals surface area contributed by atoms with Crippen molar-refractivity contribution in [2.75, 3.05) is 11.8 Å². The predicted molar refractivity (Wildman–Crippen MR) is 75.1 cm³/mol. The molecule has 1 aromatic carbocycles. The minimum atomic E-state index is -3.76. The van der Waals surface area contributed by atoms with Crippen molar-refractivity contribution in [3.63, 3.8) is 0 Å². The fraction of sp³-hybridized carbons (Fsp3) is 0.231. The van der Waals surface area contributed by atoms with Gasteiger partial charge in [0.15, 0.2) is 0 Å². The van der Waals surface area contributed by atoms with Gasteiger partial charge in [-0.15, -0.1) is 0 Å². The fourth-order valence-corrected chi connectivity index (χ4v) is 2.77. The SMILES string of the molecule is COc1ccc(NS(=O)(=O)c2ccc(CN)o2)c(C)c1.